The molecule has 4 rings (SSSR count). The van der Waals surface area contributed by atoms with Crippen LogP contribution in [0.5, 0.6) is 11.5 Å². The Hall–Kier alpha value is -2.50. The molecule has 2 heterocycles. The van der Waals surface area contributed by atoms with E-state index in [-0.39, 0.29) is 18.4 Å². The van der Waals surface area contributed by atoms with Gasteiger partial charge in [0.25, 0.3) is 5.91 Å². The molecular weight excluding hydrogens is 322 g/mol. The lowest BCUT2D eigenvalue weighted by atomic mass is 9.81. The normalized spacial score (nSPS) is 27.2. The molecule has 0 radical (unpaired) electrons. The van der Waals surface area contributed by atoms with Gasteiger partial charge in [0.15, 0.2) is 11.5 Å². The van der Waals surface area contributed by atoms with Gasteiger partial charge in [0.1, 0.15) is 6.61 Å². The molecule has 132 valence electrons. The van der Waals surface area contributed by atoms with Crippen molar-refractivity contribution in [3.63, 3.8) is 0 Å². The van der Waals surface area contributed by atoms with Crippen LogP contribution in [0.15, 0.2) is 23.8 Å². The number of rotatable bonds is 3. The molecule has 1 aromatic carbocycles. The summed E-state index contributed by atoms with van der Waals surface area (Å²) in [7, 11) is 1.58. The molecule has 2 aliphatic heterocycles. The van der Waals surface area contributed by atoms with E-state index in [9.17, 15) is 14.7 Å². The van der Waals surface area contributed by atoms with E-state index in [4.69, 9.17) is 9.47 Å². The molecule has 0 spiro atoms. The minimum atomic E-state index is -0.769. The summed E-state index contributed by atoms with van der Waals surface area (Å²) in [5.74, 6) is 0.451. The second-order valence-electron chi connectivity index (χ2n) is 7.07. The van der Waals surface area contributed by atoms with Crippen LogP contribution < -0.4 is 9.47 Å². The predicted molar refractivity (Wildman–Crippen MR) is 90.5 cm³/mol. The topological polar surface area (TPSA) is 76.1 Å². The van der Waals surface area contributed by atoms with E-state index in [1.807, 2.05) is 24.3 Å². The Morgan fingerprint density at radius 1 is 1.40 bits per heavy atom. The summed E-state index contributed by atoms with van der Waals surface area (Å²) in [5, 5.41) is 9.68. The van der Waals surface area contributed by atoms with Crippen molar-refractivity contribution in [1.82, 2.24) is 4.90 Å². The van der Waals surface area contributed by atoms with Crippen molar-refractivity contribution in [3.8, 4) is 11.5 Å². The fourth-order valence-corrected chi connectivity index (χ4v) is 4.46. The molecule has 1 aromatic rings. The van der Waals surface area contributed by atoms with Crippen LogP contribution in [0.2, 0.25) is 0 Å². The highest BCUT2D eigenvalue weighted by molar-refractivity contribution is 6.00. The predicted octanol–water partition coefficient (Wildman–Crippen LogP) is 2.18. The van der Waals surface area contributed by atoms with Crippen molar-refractivity contribution >= 4 is 18.0 Å². The van der Waals surface area contributed by atoms with Gasteiger partial charge in [-0.25, -0.2) is 0 Å². The molecule has 0 unspecified atom stereocenters. The van der Waals surface area contributed by atoms with E-state index in [1.165, 1.54) is 0 Å². The third-order valence-corrected chi connectivity index (χ3v) is 5.79. The number of amides is 1. The van der Waals surface area contributed by atoms with E-state index in [0.29, 0.717) is 36.6 Å². The van der Waals surface area contributed by atoms with Crippen LogP contribution in [-0.4, -0.2) is 48.7 Å². The lowest BCUT2D eigenvalue weighted by Gasteiger charge is -2.25. The molecule has 3 aliphatic rings. The molecular formula is C19H21NO5. The number of benzene rings is 1. The summed E-state index contributed by atoms with van der Waals surface area (Å²) in [6.07, 6.45) is 4.29. The van der Waals surface area contributed by atoms with E-state index >= 15 is 0 Å². The quantitative estimate of drug-likeness (QED) is 0.910. The molecule has 1 saturated carbocycles. The summed E-state index contributed by atoms with van der Waals surface area (Å²) in [4.78, 5) is 26.4. The molecule has 1 aliphatic carbocycles. The maximum Gasteiger partial charge on any atom is 0.311 e. The molecule has 0 bridgehead atoms. The lowest BCUT2D eigenvalue weighted by molar-refractivity contribution is -0.149. The van der Waals surface area contributed by atoms with E-state index < -0.39 is 11.4 Å². The van der Waals surface area contributed by atoms with Gasteiger partial charge in [0.05, 0.1) is 18.1 Å². The number of likely N-dealkylation sites (tertiary alicyclic amines) is 1. The van der Waals surface area contributed by atoms with Crippen LogP contribution >= 0.6 is 0 Å². The first-order chi connectivity index (χ1) is 12.0. The monoisotopic (exact) mass is 343 g/mol. The number of hydrogen-bond donors (Lipinski definition) is 1. The van der Waals surface area contributed by atoms with Crippen molar-refractivity contribution in [2.24, 2.45) is 11.3 Å². The molecule has 6 nitrogen and oxygen atoms in total. The number of carboxylic acid groups (broad SMARTS) is 1. The highest BCUT2D eigenvalue weighted by Crippen LogP contribution is 2.49. The van der Waals surface area contributed by atoms with Crippen molar-refractivity contribution < 1.29 is 24.2 Å². The Kier molecular flexibility index (Phi) is 3.71. The average Bonchev–Trinajstić information content (AvgIpc) is 3.18. The van der Waals surface area contributed by atoms with Gasteiger partial charge in [0.2, 0.25) is 0 Å². The van der Waals surface area contributed by atoms with Crippen LogP contribution in [0.3, 0.4) is 0 Å². The van der Waals surface area contributed by atoms with Crippen LogP contribution in [0.1, 0.15) is 24.8 Å². The second kappa shape index (κ2) is 5.79. The van der Waals surface area contributed by atoms with Crippen LogP contribution in [0, 0.1) is 11.3 Å². The highest BCUT2D eigenvalue weighted by atomic mass is 16.5. The Labute approximate surface area is 146 Å². The minimum Gasteiger partial charge on any atom is -0.493 e. The standard InChI is InChI=1S/C19H21NO5/c1-24-15-6-2-4-12-8-13(10-25-16(12)15)17(21)20-9-14-5-3-7-19(14,11-20)18(22)23/h2,4,6,8,14H,3,5,7,9-11H2,1H3,(H,22,23)/t14-,19+/m0/s1. The van der Waals surface area contributed by atoms with Gasteiger partial charge in [-0.3, -0.25) is 9.59 Å². The average molecular weight is 343 g/mol. The Morgan fingerprint density at radius 3 is 2.96 bits per heavy atom. The highest BCUT2D eigenvalue weighted by Gasteiger charge is 2.56. The van der Waals surface area contributed by atoms with Gasteiger partial charge in [-0.1, -0.05) is 18.6 Å². The summed E-state index contributed by atoms with van der Waals surface area (Å²) in [5.41, 5.74) is 0.606. The maximum atomic E-state index is 12.9. The molecule has 0 aromatic heterocycles. The fourth-order valence-electron chi connectivity index (χ4n) is 4.46. The summed E-state index contributed by atoms with van der Waals surface area (Å²) in [6, 6.07) is 5.55. The van der Waals surface area contributed by atoms with Crippen molar-refractivity contribution in [3.05, 3.63) is 29.3 Å². The summed E-state index contributed by atoms with van der Waals surface area (Å²) < 4.78 is 11.0. The zero-order valence-corrected chi connectivity index (χ0v) is 14.2. The molecule has 2 fully saturated rings. The first-order valence-corrected chi connectivity index (χ1v) is 8.58. The summed E-state index contributed by atoms with van der Waals surface area (Å²) in [6.45, 7) is 0.995. The van der Waals surface area contributed by atoms with Crippen LogP contribution in [0.25, 0.3) is 6.08 Å². The number of para-hydroxylation sites is 1. The van der Waals surface area contributed by atoms with E-state index in [1.54, 1.807) is 12.0 Å². The van der Waals surface area contributed by atoms with Crippen molar-refractivity contribution in [2.45, 2.75) is 19.3 Å². The number of ether oxygens (including phenoxy) is 2. The van der Waals surface area contributed by atoms with E-state index in [0.717, 1.165) is 18.4 Å². The SMILES string of the molecule is COc1cccc2c1OCC(C(=O)N1C[C@@H]3CCC[C@@]3(C(=O)O)C1)=C2. The van der Waals surface area contributed by atoms with E-state index in [2.05, 4.69) is 0 Å². The summed E-state index contributed by atoms with van der Waals surface area (Å²) >= 11 is 0. The van der Waals surface area contributed by atoms with Gasteiger partial charge in [-0.2, -0.15) is 0 Å². The maximum absolute atomic E-state index is 12.9. The van der Waals surface area contributed by atoms with Crippen molar-refractivity contribution in [1.29, 1.82) is 0 Å². The fraction of sp³-hybridized carbons (Fsp3) is 0.474. The third-order valence-electron chi connectivity index (χ3n) is 5.79. The molecule has 1 amide bonds. The van der Waals surface area contributed by atoms with Gasteiger partial charge in [0, 0.05) is 18.7 Å². The van der Waals surface area contributed by atoms with Gasteiger partial charge < -0.3 is 19.5 Å². The number of nitrogens with zero attached hydrogens (tertiary/aromatic N) is 1. The second-order valence-corrected chi connectivity index (χ2v) is 7.07. The number of fused-ring (bicyclic) bond motifs is 2. The Balaban J connectivity index is 1.58. The largest absolute Gasteiger partial charge is 0.493 e. The zero-order chi connectivity index (χ0) is 17.6. The first-order valence-electron chi connectivity index (χ1n) is 8.58. The van der Waals surface area contributed by atoms with Gasteiger partial charge in [-0.15, -0.1) is 0 Å². The van der Waals surface area contributed by atoms with Crippen molar-refractivity contribution in [2.75, 3.05) is 26.8 Å². The minimum absolute atomic E-state index is 0.0615. The first kappa shape index (κ1) is 16.0. The number of aliphatic carboxylic acids is 1. The smallest absolute Gasteiger partial charge is 0.311 e. The van der Waals surface area contributed by atoms with Gasteiger partial charge in [-0.05, 0) is 30.9 Å². The number of carboxylic acids is 1. The molecule has 25 heavy (non-hydrogen) atoms. The third kappa shape index (κ3) is 2.39. The molecule has 2 atom stereocenters. The molecule has 6 heteroatoms. The Morgan fingerprint density at radius 2 is 2.24 bits per heavy atom. The lowest BCUT2D eigenvalue weighted by Crippen LogP contribution is -2.38. The number of carbonyl (C=O) groups excluding carboxylic acids is 1. The Bertz CT molecular complexity index is 771. The van der Waals surface area contributed by atoms with Crippen LogP contribution in [0.4, 0.5) is 0 Å². The molecule has 1 N–H and O–H groups in total. The van der Waals surface area contributed by atoms with Crippen LogP contribution in [-0.2, 0) is 9.59 Å². The number of methoxy groups -OCH3 is 1. The number of hydrogen-bond acceptors (Lipinski definition) is 4. The molecule has 1 saturated heterocycles. The van der Waals surface area contributed by atoms with Gasteiger partial charge >= 0.3 is 5.97 Å². The zero-order valence-electron chi connectivity index (χ0n) is 14.2. The number of carbonyl (C=O) groups is 2.